The van der Waals surface area contributed by atoms with E-state index in [1.165, 1.54) is 0 Å². The van der Waals surface area contributed by atoms with Gasteiger partial charge in [-0.15, -0.1) is 24.0 Å². The predicted molar refractivity (Wildman–Crippen MR) is 118 cm³/mol. The second-order valence-corrected chi connectivity index (χ2v) is 5.25. The van der Waals surface area contributed by atoms with Crippen LogP contribution in [0.2, 0.25) is 0 Å². The van der Waals surface area contributed by atoms with E-state index in [9.17, 15) is 0 Å². The molecule has 0 unspecified atom stereocenters. The molecule has 0 saturated heterocycles. The third-order valence-corrected chi connectivity index (χ3v) is 3.33. The lowest BCUT2D eigenvalue weighted by Gasteiger charge is -2.12. The Morgan fingerprint density at radius 2 is 1.74 bits per heavy atom. The van der Waals surface area contributed by atoms with E-state index in [1.54, 1.807) is 19.5 Å². The van der Waals surface area contributed by atoms with E-state index in [2.05, 4.69) is 20.6 Å². The summed E-state index contributed by atoms with van der Waals surface area (Å²) in [5.41, 5.74) is 0. The van der Waals surface area contributed by atoms with Crippen LogP contribution in [0.15, 0.2) is 53.8 Å². The molecule has 27 heavy (non-hydrogen) atoms. The van der Waals surface area contributed by atoms with Crippen molar-refractivity contribution >= 4 is 29.9 Å². The van der Waals surface area contributed by atoms with Gasteiger partial charge in [0.05, 0.1) is 26.4 Å². The summed E-state index contributed by atoms with van der Waals surface area (Å²) in [6.07, 6.45) is 3.40. The smallest absolute Gasteiger partial charge is 0.191 e. The van der Waals surface area contributed by atoms with Crippen molar-refractivity contribution in [2.24, 2.45) is 4.99 Å². The molecule has 2 aromatic rings. The number of pyridine rings is 1. The minimum Gasteiger partial charge on any atom is -0.497 e. The van der Waals surface area contributed by atoms with Gasteiger partial charge in [0, 0.05) is 12.7 Å². The summed E-state index contributed by atoms with van der Waals surface area (Å²) in [6.45, 7) is 5.02. The Bertz CT molecular complexity index is 654. The first kappa shape index (κ1) is 22.8. The van der Waals surface area contributed by atoms with Crippen LogP contribution >= 0.6 is 24.0 Å². The van der Waals surface area contributed by atoms with Crippen molar-refractivity contribution in [1.29, 1.82) is 0 Å². The standard InChI is InChI=1S/C19H26N4O3.HI/c1-3-21-19(23-12-14-26-18-5-4-10-20-15-18)22-11-13-25-17-8-6-16(24-2)7-9-17;/h4-10,15H,3,11-14H2,1-2H3,(H2,21,22,23);1H. The number of nitrogens with zero attached hydrogens (tertiary/aromatic N) is 2. The number of ether oxygens (including phenoxy) is 3. The van der Waals surface area contributed by atoms with E-state index in [-0.39, 0.29) is 24.0 Å². The molecule has 0 amide bonds. The van der Waals surface area contributed by atoms with Crippen molar-refractivity contribution in [3.8, 4) is 17.2 Å². The second-order valence-electron chi connectivity index (χ2n) is 5.25. The number of nitrogens with one attached hydrogen (secondary N) is 2. The first-order valence-corrected chi connectivity index (χ1v) is 8.63. The molecule has 1 aromatic heterocycles. The van der Waals surface area contributed by atoms with E-state index >= 15 is 0 Å². The number of hydrogen-bond donors (Lipinski definition) is 2. The molecule has 0 atom stereocenters. The lowest BCUT2D eigenvalue weighted by molar-refractivity contribution is 0.320. The van der Waals surface area contributed by atoms with Crippen molar-refractivity contribution < 1.29 is 14.2 Å². The third kappa shape index (κ3) is 9.32. The van der Waals surface area contributed by atoms with Crippen LogP contribution in [0.4, 0.5) is 0 Å². The molecular formula is C19H27IN4O3. The zero-order valence-corrected chi connectivity index (χ0v) is 18.0. The first-order valence-electron chi connectivity index (χ1n) is 8.63. The van der Waals surface area contributed by atoms with Crippen LogP contribution in [-0.2, 0) is 0 Å². The Morgan fingerprint density at radius 3 is 2.41 bits per heavy atom. The van der Waals surface area contributed by atoms with E-state index in [0.29, 0.717) is 26.3 Å². The largest absolute Gasteiger partial charge is 0.497 e. The summed E-state index contributed by atoms with van der Waals surface area (Å²) in [5.74, 6) is 3.10. The third-order valence-electron chi connectivity index (χ3n) is 3.33. The lowest BCUT2D eigenvalue weighted by atomic mass is 10.3. The summed E-state index contributed by atoms with van der Waals surface area (Å²) >= 11 is 0. The van der Waals surface area contributed by atoms with Gasteiger partial charge in [-0.3, -0.25) is 4.98 Å². The Labute approximate surface area is 177 Å². The Hall–Kier alpha value is -2.23. The number of aliphatic imine (C=N–C) groups is 1. The zero-order chi connectivity index (χ0) is 18.5. The van der Waals surface area contributed by atoms with Gasteiger partial charge in [-0.25, -0.2) is 4.99 Å². The number of hydrogen-bond acceptors (Lipinski definition) is 5. The van der Waals surface area contributed by atoms with Crippen molar-refractivity contribution in [2.45, 2.75) is 6.92 Å². The molecular weight excluding hydrogens is 459 g/mol. The highest BCUT2D eigenvalue weighted by Gasteiger charge is 1.99. The maximum absolute atomic E-state index is 5.69. The van der Waals surface area contributed by atoms with Gasteiger partial charge in [-0.1, -0.05) is 0 Å². The molecule has 0 fully saturated rings. The van der Waals surface area contributed by atoms with Crippen molar-refractivity contribution in [1.82, 2.24) is 15.6 Å². The summed E-state index contributed by atoms with van der Waals surface area (Å²) in [7, 11) is 1.64. The molecule has 0 saturated carbocycles. The van der Waals surface area contributed by atoms with Gasteiger partial charge < -0.3 is 24.8 Å². The summed E-state index contributed by atoms with van der Waals surface area (Å²) in [5, 5.41) is 6.43. The van der Waals surface area contributed by atoms with Crippen LogP contribution in [0.1, 0.15) is 6.92 Å². The van der Waals surface area contributed by atoms with Crippen LogP contribution in [0.25, 0.3) is 0 Å². The summed E-state index contributed by atoms with van der Waals surface area (Å²) < 4.78 is 16.4. The van der Waals surface area contributed by atoms with Gasteiger partial charge >= 0.3 is 0 Å². The zero-order valence-electron chi connectivity index (χ0n) is 15.7. The van der Waals surface area contributed by atoms with E-state index in [0.717, 1.165) is 29.8 Å². The average molecular weight is 486 g/mol. The Kier molecular flexibility index (Phi) is 11.7. The van der Waals surface area contributed by atoms with Crippen molar-refractivity contribution in [3.05, 3.63) is 48.8 Å². The topological polar surface area (TPSA) is 77.0 Å². The minimum absolute atomic E-state index is 0. The van der Waals surface area contributed by atoms with E-state index in [4.69, 9.17) is 14.2 Å². The predicted octanol–water partition coefficient (Wildman–Crippen LogP) is 2.72. The number of aromatic nitrogens is 1. The molecule has 0 aliphatic heterocycles. The van der Waals surface area contributed by atoms with Crippen LogP contribution in [0.3, 0.4) is 0 Å². The van der Waals surface area contributed by atoms with Gasteiger partial charge in [0.1, 0.15) is 30.5 Å². The quantitative estimate of drug-likeness (QED) is 0.233. The van der Waals surface area contributed by atoms with Gasteiger partial charge in [-0.2, -0.15) is 0 Å². The van der Waals surface area contributed by atoms with Gasteiger partial charge in [0.15, 0.2) is 5.96 Å². The first-order chi connectivity index (χ1) is 12.8. The molecule has 8 heteroatoms. The normalized spacial score (nSPS) is 10.5. The molecule has 0 spiro atoms. The Balaban J connectivity index is 0.00000364. The van der Waals surface area contributed by atoms with E-state index < -0.39 is 0 Å². The highest BCUT2D eigenvalue weighted by atomic mass is 127. The fourth-order valence-electron chi connectivity index (χ4n) is 2.11. The summed E-state index contributed by atoms with van der Waals surface area (Å²) in [6, 6.07) is 11.2. The fraction of sp³-hybridized carbons (Fsp3) is 0.368. The van der Waals surface area contributed by atoms with Crippen molar-refractivity contribution in [3.63, 3.8) is 0 Å². The van der Waals surface area contributed by atoms with Gasteiger partial charge in [0.2, 0.25) is 0 Å². The molecule has 0 radical (unpaired) electrons. The maximum Gasteiger partial charge on any atom is 0.191 e. The number of benzene rings is 1. The molecule has 0 aliphatic rings. The van der Waals surface area contributed by atoms with Crippen LogP contribution in [0, 0.1) is 0 Å². The highest BCUT2D eigenvalue weighted by Crippen LogP contribution is 2.16. The van der Waals surface area contributed by atoms with Crippen molar-refractivity contribution in [2.75, 3.05) is 40.0 Å². The molecule has 1 aromatic carbocycles. The van der Waals surface area contributed by atoms with Crippen LogP contribution < -0.4 is 24.8 Å². The van der Waals surface area contributed by atoms with Gasteiger partial charge in [0.25, 0.3) is 0 Å². The fourth-order valence-corrected chi connectivity index (χ4v) is 2.11. The van der Waals surface area contributed by atoms with Gasteiger partial charge in [-0.05, 0) is 43.3 Å². The molecule has 7 nitrogen and oxygen atoms in total. The Morgan fingerprint density at radius 1 is 1.00 bits per heavy atom. The van der Waals surface area contributed by atoms with Crippen LogP contribution in [-0.4, -0.2) is 50.9 Å². The number of halogens is 1. The molecule has 0 bridgehead atoms. The monoisotopic (exact) mass is 486 g/mol. The molecule has 2 rings (SSSR count). The number of rotatable bonds is 10. The number of guanidine groups is 1. The lowest BCUT2D eigenvalue weighted by Crippen LogP contribution is -2.39. The highest BCUT2D eigenvalue weighted by molar-refractivity contribution is 14.0. The average Bonchev–Trinajstić information content (AvgIpc) is 2.69. The maximum atomic E-state index is 5.69. The molecule has 148 valence electrons. The molecule has 1 heterocycles. The minimum atomic E-state index is 0. The number of methoxy groups -OCH3 is 1. The van der Waals surface area contributed by atoms with E-state index in [1.807, 2.05) is 43.3 Å². The van der Waals surface area contributed by atoms with Crippen LogP contribution in [0.5, 0.6) is 17.2 Å². The summed E-state index contributed by atoms with van der Waals surface area (Å²) in [4.78, 5) is 8.48. The SMILES string of the molecule is CCNC(=NCCOc1cccnc1)NCCOc1ccc(OC)cc1.I. The second kappa shape index (κ2) is 13.9. The molecule has 2 N–H and O–H groups in total. The molecule has 0 aliphatic carbocycles.